The number of hydrogen-bond donors (Lipinski definition) is 0. The van der Waals surface area contributed by atoms with Crippen LogP contribution in [-0.4, -0.2) is 44.0 Å². The Morgan fingerprint density at radius 2 is 1.94 bits per heavy atom. The predicted molar refractivity (Wildman–Crippen MR) is 65.6 cm³/mol. The van der Waals surface area contributed by atoms with Crippen LogP contribution in [0.15, 0.2) is 0 Å². The summed E-state index contributed by atoms with van der Waals surface area (Å²) in [6.07, 6.45) is 0.272. The number of nitrogens with zero attached hydrogens (tertiary/aromatic N) is 1. The number of carbonyl (C=O) groups excluding carboxylic acids is 1. The van der Waals surface area contributed by atoms with Crippen molar-refractivity contribution in [3.05, 3.63) is 0 Å². The summed E-state index contributed by atoms with van der Waals surface area (Å²) in [7, 11) is 2.83. The zero-order valence-electron chi connectivity index (χ0n) is 11.8. The number of alkyl halides is 2. The van der Waals surface area contributed by atoms with E-state index in [4.69, 9.17) is 0 Å². The molecule has 0 aromatic rings. The van der Waals surface area contributed by atoms with Gasteiger partial charge in [-0.1, -0.05) is 20.8 Å². The van der Waals surface area contributed by atoms with Crippen LogP contribution in [0.25, 0.3) is 0 Å². The molecule has 0 N–H and O–H groups in total. The first-order chi connectivity index (χ1) is 8.04. The van der Waals surface area contributed by atoms with Crippen LogP contribution in [0, 0.1) is 10.8 Å². The summed E-state index contributed by atoms with van der Waals surface area (Å²) >= 11 is 0. The molecule has 3 nitrogen and oxygen atoms in total. The minimum atomic E-state index is -3.06. The number of rotatable bonds is 2. The summed E-state index contributed by atoms with van der Waals surface area (Å²) in [6.45, 7) is 5.70. The molecule has 18 heavy (non-hydrogen) atoms. The molecule has 0 amide bonds. The molecule has 1 fully saturated rings. The van der Waals surface area contributed by atoms with Crippen molar-refractivity contribution in [1.82, 2.24) is 4.90 Å². The Bertz CT molecular complexity index is 325. The van der Waals surface area contributed by atoms with Crippen molar-refractivity contribution < 1.29 is 18.3 Å². The fourth-order valence-corrected chi connectivity index (χ4v) is 2.78. The number of piperidine rings is 1. The number of ether oxygens (including phenoxy) is 1. The van der Waals surface area contributed by atoms with Crippen LogP contribution in [0.4, 0.5) is 8.78 Å². The van der Waals surface area contributed by atoms with Gasteiger partial charge in [0, 0.05) is 0 Å². The lowest BCUT2D eigenvalue weighted by atomic mass is 9.66. The molecule has 0 aromatic carbocycles. The van der Waals surface area contributed by atoms with E-state index in [1.807, 2.05) is 20.8 Å². The van der Waals surface area contributed by atoms with E-state index in [9.17, 15) is 13.6 Å². The molecule has 1 atom stereocenters. The Kier molecular flexibility index (Phi) is 4.06. The van der Waals surface area contributed by atoms with Crippen LogP contribution < -0.4 is 0 Å². The third kappa shape index (κ3) is 2.82. The van der Waals surface area contributed by atoms with Crippen LogP contribution in [0.5, 0.6) is 0 Å². The first-order valence-electron chi connectivity index (χ1n) is 6.19. The summed E-state index contributed by atoms with van der Waals surface area (Å²) in [5.41, 5.74) is -2.04. The molecule has 0 bridgehead atoms. The Balaban J connectivity index is 3.15. The van der Waals surface area contributed by atoms with E-state index in [2.05, 4.69) is 4.74 Å². The van der Waals surface area contributed by atoms with Gasteiger partial charge in [-0.3, -0.25) is 4.79 Å². The monoisotopic (exact) mass is 263 g/mol. The molecule has 106 valence electrons. The standard InChI is InChI=1S/C13H23F2NO2/c1-11(2,3)8-12(10(17)18-5)6-7-16(4)9-13(12,14)15/h6-9H2,1-5H3. The lowest BCUT2D eigenvalue weighted by Gasteiger charge is -2.47. The van der Waals surface area contributed by atoms with E-state index < -0.39 is 23.9 Å². The fourth-order valence-electron chi connectivity index (χ4n) is 2.78. The summed E-state index contributed by atoms with van der Waals surface area (Å²) in [5, 5.41) is 0. The first kappa shape index (κ1) is 15.3. The molecule has 1 aliphatic heterocycles. The van der Waals surface area contributed by atoms with Crippen molar-refractivity contribution in [1.29, 1.82) is 0 Å². The number of esters is 1. The van der Waals surface area contributed by atoms with Crippen LogP contribution in [0.2, 0.25) is 0 Å². The zero-order chi connectivity index (χ0) is 14.2. The molecule has 1 heterocycles. The molecule has 1 aliphatic rings. The average Bonchev–Trinajstić information content (AvgIpc) is 2.18. The van der Waals surface area contributed by atoms with E-state index in [0.29, 0.717) is 6.54 Å². The first-order valence-corrected chi connectivity index (χ1v) is 6.19. The average molecular weight is 263 g/mol. The third-order valence-corrected chi connectivity index (χ3v) is 3.50. The Morgan fingerprint density at radius 1 is 1.39 bits per heavy atom. The maximum absolute atomic E-state index is 14.4. The van der Waals surface area contributed by atoms with Crippen LogP contribution in [0.3, 0.4) is 0 Å². The lowest BCUT2D eigenvalue weighted by Crippen LogP contribution is -2.59. The highest BCUT2D eigenvalue weighted by Gasteiger charge is 2.62. The van der Waals surface area contributed by atoms with Crippen molar-refractivity contribution in [2.45, 2.75) is 39.5 Å². The van der Waals surface area contributed by atoms with Crippen molar-refractivity contribution >= 4 is 5.97 Å². The molecule has 0 aliphatic carbocycles. The van der Waals surface area contributed by atoms with Gasteiger partial charge in [0.25, 0.3) is 5.92 Å². The quantitative estimate of drug-likeness (QED) is 0.717. The Hall–Kier alpha value is -0.710. The van der Waals surface area contributed by atoms with Gasteiger partial charge in [-0.25, -0.2) is 8.78 Å². The van der Waals surface area contributed by atoms with Gasteiger partial charge in [0.1, 0.15) is 5.41 Å². The normalized spacial score (nSPS) is 29.1. The molecule has 0 saturated carbocycles. The van der Waals surface area contributed by atoms with Gasteiger partial charge < -0.3 is 9.64 Å². The summed E-state index contributed by atoms with van der Waals surface area (Å²) in [6, 6.07) is 0. The SMILES string of the molecule is COC(=O)C1(CC(C)(C)C)CCN(C)CC1(F)F. The highest BCUT2D eigenvalue weighted by Crippen LogP contribution is 2.51. The van der Waals surface area contributed by atoms with Gasteiger partial charge in [0.05, 0.1) is 13.7 Å². The van der Waals surface area contributed by atoms with Crippen LogP contribution >= 0.6 is 0 Å². The van der Waals surface area contributed by atoms with Crippen LogP contribution in [-0.2, 0) is 9.53 Å². The zero-order valence-corrected chi connectivity index (χ0v) is 11.8. The lowest BCUT2D eigenvalue weighted by molar-refractivity contribution is -0.206. The summed E-state index contributed by atoms with van der Waals surface area (Å²) in [4.78, 5) is 13.5. The van der Waals surface area contributed by atoms with E-state index >= 15 is 0 Å². The molecule has 1 unspecified atom stereocenters. The second-order valence-electron chi connectivity index (χ2n) is 6.50. The maximum atomic E-state index is 14.4. The highest BCUT2D eigenvalue weighted by molar-refractivity contribution is 5.78. The van der Waals surface area contributed by atoms with E-state index in [1.54, 1.807) is 11.9 Å². The number of likely N-dealkylation sites (tertiary alicyclic amines) is 1. The Morgan fingerprint density at radius 3 is 2.33 bits per heavy atom. The van der Waals surface area contributed by atoms with Crippen molar-refractivity contribution in [2.24, 2.45) is 10.8 Å². The third-order valence-electron chi connectivity index (χ3n) is 3.50. The highest BCUT2D eigenvalue weighted by atomic mass is 19.3. The largest absolute Gasteiger partial charge is 0.468 e. The van der Waals surface area contributed by atoms with Gasteiger partial charge in [-0.2, -0.15) is 0 Å². The number of hydrogen-bond acceptors (Lipinski definition) is 3. The van der Waals surface area contributed by atoms with Crippen molar-refractivity contribution in [3.8, 4) is 0 Å². The molecule has 0 spiro atoms. The maximum Gasteiger partial charge on any atom is 0.318 e. The van der Waals surface area contributed by atoms with Gasteiger partial charge in [0.2, 0.25) is 0 Å². The second-order valence-corrected chi connectivity index (χ2v) is 6.50. The molecular formula is C13H23F2NO2. The molecule has 1 saturated heterocycles. The molecule has 5 heteroatoms. The summed E-state index contributed by atoms with van der Waals surface area (Å²) < 4.78 is 33.5. The van der Waals surface area contributed by atoms with E-state index in [-0.39, 0.29) is 18.3 Å². The smallest absolute Gasteiger partial charge is 0.318 e. The van der Waals surface area contributed by atoms with Gasteiger partial charge in [-0.05, 0) is 31.8 Å². The van der Waals surface area contributed by atoms with Crippen molar-refractivity contribution in [2.75, 3.05) is 27.2 Å². The van der Waals surface area contributed by atoms with E-state index in [1.165, 1.54) is 7.11 Å². The predicted octanol–water partition coefficient (Wildman–Crippen LogP) is 2.55. The van der Waals surface area contributed by atoms with Crippen LogP contribution in [0.1, 0.15) is 33.6 Å². The fraction of sp³-hybridized carbons (Fsp3) is 0.923. The van der Waals surface area contributed by atoms with Crippen molar-refractivity contribution in [3.63, 3.8) is 0 Å². The second kappa shape index (κ2) is 4.76. The molecule has 0 radical (unpaired) electrons. The molecule has 1 rings (SSSR count). The number of methoxy groups -OCH3 is 1. The number of carbonyl (C=O) groups is 1. The van der Waals surface area contributed by atoms with Gasteiger partial charge in [-0.15, -0.1) is 0 Å². The van der Waals surface area contributed by atoms with Gasteiger partial charge in [0.15, 0.2) is 0 Å². The van der Waals surface area contributed by atoms with Gasteiger partial charge >= 0.3 is 5.97 Å². The topological polar surface area (TPSA) is 29.5 Å². The minimum Gasteiger partial charge on any atom is -0.468 e. The number of halogens is 2. The van der Waals surface area contributed by atoms with E-state index in [0.717, 1.165) is 0 Å². The minimum absolute atomic E-state index is 0.132. The molecule has 0 aromatic heterocycles. The molecular weight excluding hydrogens is 240 g/mol. The Labute approximate surface area is 107 Å². The summed E-state index contributed by atoms with van der Waals surface area (Å²) in [5.74, 6) is -3.84.